The van der Waals surface area contributed by atoms with Crippen molar-refractivity contribution in [3.05, 3.63) is 30.1 Å². The first-order valence-electron chi connectivity index (χ1n) is 6.28. The largest absolute Gasteiger partial charge is 0.325 e. The molecule has 112 valence electrons. The number of benzene rings is 1. The maximum absolute atomic E-state index is 12.8. The molecule has 1 N–H and O–H groups in total. The Morgan fingerprint density at radius 2 is 2.00 bits per heavy atom. The predicted molar refractivity (Wildman–Crippen MR) is 86.7 cm³/mol. The lowest BCUT2D eigenvalue weighted by atomic mass is 10.3. The van der Waals surface area contributed by atoms with E-state index in [2.05, 4.69) is 22.4 Å². The van der Waals surface area contributed by atoms with Crippen molar-refractivity contribution in [3.63, 3.8) is 0 Å². The van der Waals surface area contributed by atoms with E-state index in [1.54, 1.807) is 18.7 Å². The lowest BCUT2D eigenvalue weighted by molar-refractivity contribution is -0.115. The van der Waals surface area contributed by atoms with E-state index in [9.17, 15) is 9.18 Å². The first-order valence-corrected chi connectivity index (χ1v) is 8.96. The van der Waals surface area contributed by atoms with Gasteiger partial charge in [0.05, 0.1) is 5.25 Å². The van der Waals surface area contributed by atoms with Crippen molar-refractivity contribution in [2.45, 2.75) is 27.8 Å². The Morgan fingerprint density at radius 3 is 2.67 bits per heavy atom. The third-order valence-corrected chi connectivity index (χ3v) is 5.54. The molecule has 1 atom stereocenters. The smallest absolute Gasteiger partial charge is 0.237 e. The van der Waals surface area contributed by atoms with Crippen molar-refractivity contribution in [2.75, 3.05) is 11.1 Å². The molecular weight excluding hydrogens is 329 g/mol. The SMILES string of the molecule is CCSc1nnc(S[C@@H](C)C(=O)Nc2ccc(F)cc2)s1. The van der Waals surface area contributed by atoms with E-state index in [4.69, 9.17) is 0 Å². The van der Waals surface area contributed by atoms with Gasteiger partial charge in [-0.3, -0.25) is 4.79 Å². The van der Waals surface area contributed by atoms with Crippen LogP contribution in [0.4, 0.5) is 10.1 Å². The lowest BCUT2D eigenvalue weighted by Crippen LogP contribution is -2.22. The number of thioether (sulfide) groups is 2. The fourth-order valence-electron chi connectivity index (χ4n) is 1.41. The van der Waals surface area contributed by atoms with E-state index >= 15 is 0 Å². The van der Waals surface area contributed by atoms with Gasteiger partial charge < -0.3 is 5.32 Å². The van der Waals surface area contributed by atoms with Crippen LogP contribution in [-0.2, 0) is 4.79 Å². The standard InChI is InChI=1S/C13H14FN3OS3/c1-3-19-12-16-17-13(21-12)20-8(2)11(18)15-10-6-4-9(14)5-7-10/h4-8H,3H2,1-2H3,(H,15,18)/t8-/m0/s1. The molecule has 0 saturated heterocycles. The van der Waals surface area contributed by atoms with Crippen molar-refractivity contribution in [1.82, 2.24) is 10.2 Å². The number of hydrogen-bond acceptors (Lipinski definition) is 6. The molecule has 21 heavy (non-hydrogen) atoms. The number of anilines is 1. The van der Waals surface area contributed by atoms with Crippen molar-refractivity contribution in [3.8, 4) is 0 Å². The molecule has 0 unspecified atom stereocenters. The van der Waals surface area contributed by atoms with Crippen LogP contribution in [-0.4, -0.2) is 27.1 Å². The molecule has 2 aromatic rings. The number of nitrogens with one attached hydrogen (secondary N) is 1. The fraction of sp³-hybridized carbons (Fsp3) is 0.308. The van der Waals surface area contributed by atoms with Gasteiger partial charge in [0.1, 0.15) is 5.82 Å². The molecule has 4 nitrogen and oxygen atoms in total. The van der Waals surface area contributed by atoms with E-state index in [-0.39, 0.29) is 17.0 Å². The topological polar surface area (TPSA) is 54.9 Å². The summed E-state index contributed by atoms with van der Waals surface area (Å²) in [5.41, 5.74) is 0.577. The molecule has 8 heteroatoms. The summed E-state index contributed by atoms with van der Waals surface area (Å²) in [5, 5.41) is 10.5. The molecule has 0 bridgehead atoms. The summed E-state index contributed by atoms with van der Waals surface area (Å²) in [5.74, 6) is 0.469. The molecular formula is C13H14FN3OS3. The average Bonchev–Trinajstić information content (AvgIpc) is 2.89. The van der Waals surface area contributed by atoms with Crippen LogP contribution in [0.3, 0.4) is 0 Å². The van der Waals surface area contributed by atoms with E-state index < -0.39 is 0 Å². The summed E-state index contributed by atoms with van der Waals surface area (Å²) < 4.78 is 14.5. The zero-order valence-corrected chi connectivity index (χ0v) is 13.9. The summed E-state index contributed by atoms with van der Waals surface area (Å²) in [4.78, 5) is 12.1. The highest BCUT2D eigenvalue weighted by molar-refractivity contribution is 8.03. The first kappa shape index (κ1) is 16.3. The maximum atomic E-state index is 12.8. The van der Waals surface area contributed by atoms with E-state index in [1.807, 2.05) is 0 Å². The van der Waals surface area contributed by atoms with Crippen molar-refractivity contribution in [2.24, 2.45) is 0 Å². The Morgan fingerprint density at radius 1 is 1.33 bits per heavy atom. The van der Waals surface area contributed by atoms with Gasteiger partial charge in [-0.2, -0.15) is 0 Å². The van der Waals surface area contributed by atoms with Crippen LogP contribution in [0.15, 0.2) is 32.9 Å². The normalized spacial score (nSPS) is 12.1. The highest BCUT2D eigenvalue weighted by atomic mass is 32.2. The molecule has 0 fully saturated rings. The van der Waals surface area contributed by atoms with Gasteiger partial charge >= 0.3 is 0 Å². The number of nitrogens with zero attached hydrogens (tertiary/aromatic N) is 2. The predicted octanol–water partition coefficient (Wildman–Crippen LogP) is 3.91. The van der Waals surface area contributed by atoms with Crippen molar-refractivity contribution in [1.29, 1.82) is 0 Å². The third-order valence-electron chi connectivity index (χ3n) is 2.41. The average molecular weight is 343 g/mol. The second-order valence-corrected chi connectivity index (χ2v) is 8.10. The van der Waals surface area contributed by atoms with Crippen LogP contribution < -0.4 is 5.32 Å². The highest BCUT2D eigenvalue weighted by Gasteiger charge is 2.17. The molecule has 1 aromatic carbocycles. The number of carbonyl (C=O) groups excluding carboxylic acids is 1. The molecule has 0 aliphatic heterocycles. The minimum atomic E-state index is -0.328. The Kier molecular flexibility index (Phi) is 6.01. The van der Waals surface area contributed by atoms with E-state index in [1.165, 1.54) is 47.4 Å². The second-order valence-electron chi connectivity index (χ2n) is 4.02. The Bertz CT molecular complexity index is 603. The number of aromatic nitrogens is 2. The third kappa shape index (κ3) is 4.98. The molecule has 0 radical (unpaired) electrons. The van der Waals surface area contributed by atoms with Gasteiger partial charge in [0.2, 0.25) is 5.91 Å². The van der Waals surface area contributed by atoms with Crippen LogP contribution in [0.25, 0.3) is 0 Å². The molecule has 0 saturated carbocycles. The number of halogens is 1. The highest BCUT2D eigenvalue weighted by Crippen LogP contribution is 2.31. The van der Waals surface area contributed by atoms with E-state index in [0.717, 1.165) is 14.4 Å². The fourth-order valence-corrected chi connectivity index (χ4v) is 4.47. The number of amides is 1. The van der Waals surface area contributed by atoms with Gasteiger partial charge in [-0.05, 0) is 36.9 Å². The molecule has 1 heterocycles. The minimum absolute atomic E-state index is 0.147. The Balaban J connectivity index is 1.90. The summed E-state index contributed by atoms with van der Waals surface area (Å²) in [6, 6.07) is 5.69. The quantitative estimate of drug-likeness (QED) is 0.806. The zero-order valence-electron chi connectivity index (χ0n) is 11.5. The van der Waals surface area contributed by atoms with Crippen LogP contribution >= 0.6 is 34.9 Å². The number of hydrogen-bond donors (Lipinski definition) is 1. The molecule has 0 spiro atoms. The Hall–Kier alpha value is -1.12. The van der Waals surface area contributed by atoms with Gasteiger partial charge in [-0.25, -0.2) is 4.39 Å². The van der Waals surface area contributed by atoms with Crippen LogP contribution in [0.1, 0.15) is 13.8 Å². The van der Waals surface area contributed by atoms with Gasteiger partial charge in [0, 0.05) is 5.69 Å². The molecule has 1 amide bonds. The second kappa shape index (κ2) is 7.77. The van der Waals surface area contributed by atoms with Crippen LogP contribution in [0.2, 0.25) is 0 Å². The van der Waals surface area contributed by atoms with Gasteiger partial charge in [0.15, 0.2) is 8.68 Å². The Labute approximate surface area is 134 Å². The van der Waals surface area contributed by atoms with Crippen molar-refractivity contribution >= 4 is 46.5 Å². The molecule has 0 aliphatic carbocycles. The molecule has 0 aliphatic rings. The number of rotatable bonds is 6. The number of carbonyl (C=O) groups is 1. The van der Waals surface area contributed by atoms with Gasteiger partial charge in [-0.15, -0.1) is 10.2 Å². The summed E-state index contributed by atoms with van der Waals surface area (Å²) >= 11 is 4.48. The van der Waals surface area contributed by atoms with Crippen LogP contribution in [0, 0.1) is 5.82 Å². The molecule has 2 rings (SSSR count). The minimum Gasteiger partial charge on any atom is -0.325 e. The first-order chi connectivity index (χ1) is 10.1. The van der Waals surface area contributed by atoms with E-state index in [0.29, 0.717) is 5.69 Å². The van der Waals surface area contributed by atoms with Gasteiger partial charge in [0.25, 0.3) is 0 Å². The van der Waals surface area contributed by atoms with Gasteiger partial charge in [-0.1, -0.05) is 41.8 Å². The monoisotopic (exact) mass is 343 g/mol. The molecule has 1 aromatic heterocycles. The lowest BCUT2D eigenvalue weighted by Gasteiger charge is -2.10. The summed E-state index contributed by atoms with van der Waals surface area (Å²) in [6.07, 6.45) is 0. The van der Waals surface area contributed by atoms with Crippen molar-refractivity contribution < 1.29 is 9.18 Å². The van der Waals surface area contributed by atoms with Crippen LogP contribution in [0.5, 0.6) is 0 Å². The summed E-state index contributed by atoms with van der Waals surface area (Å²) in [7, 11) is 0. The maximum Gasteiger partial charge on any atom is 0.237 e. The zero-order chi connectivity index (χ0) is 15.2. The summed E-state index contributed by atoms with van der Waals surface area (Å²) in [6.45, 7) is 3.86.